The van der Waals surface area contributed by atoms with Crippen LogP contribution in [0.3, 0.4) is 0 Å². The first-order valence-corrected chi connectivity index (χ1v) is 6.39. The number of hydrogen-bond acceptors (Lipinski definition) is 3. The molecule has 4 nitrogen and oxygen atoms in total. The third kappa shape index (κ3) is 2.89. The molecular weight excluding hydrogens is 228 g/mol. The highest BCUT2D eigenvalue weighted by molar-refractivity contribution is 5.94. The number of aliphatic hydroxyl groups excluding tert-OH is 1. The van der Waals surface area contributed by atoms with E-state index < -0.39 is 0 Å². The Kier molecular flexibility index (Phi) is 4.33. The second kappa shape index (κ2) is 5.98. The molecule has 1 N–H and O–H groups in total. The number of carbonyl (C=O) groups excluding carboxylic acids is 1. The zero-order chi connectivity index (χ0) is 13.0. The lowest BCUT2D eigenvalue weighted by Crippen LogP contribution is -2.41. The van der Waals surface area contributed by atoms with Crippen molar-refractivity contribution in [3.63, 3.8) is 0 Å². The molecular formula is C14H20N2O2. The molecule has 1 aliphatic heterocycles. The molecule has 0 unspecified atom stereocenters. The molecule has 0 radical (unpaired) electrons. The van der Waals surface area contributed by atoms with Crippen LogP contribution >= 0.6 is 0 Å². The van der Waals surface area contributed by atoms with E-state index in [0.29, 0.717) is 6.54 Å². The number of para-hydroxylation sites is 1. The number of aliphatic hydroxyl groups is 1. The van der Waals surface area contributed by atoms with E-state index >= 15 is 0 Å². The molecule has 1 atom stereocenters. The van der Waals surface area contributed by atoms with Crippen LogP contribution in [0.25, 0.3) is 0 Å². The number of rotatable bonds is 4. The number of amides is 1. The van der Waals surface area contributed by atoms with Crippen LogP contribution in [-0.4, -0.2) is 48.7 Å². The first-order chi connectivity index (χ1) is 8.72. The van der Waals surface area contributed by atoms with Crippen molar-refractivity contribution in [2.45, 2.75) is 18.9 Å². The summed E-state index contributed by atoms with van der Waals surface area (Å²) >= 11 is 0. The normalized spacial score (nSPS) is 20.0. The molecule has 98 valence electrons. The van der Waals surface area contributed by atoms with E-state index in [4.69, 9.17) is 0 Å². The van der Waals surface area contributed by atoms with Crippen LogP contribution < -0.4 is 4.90 Å². The summed E-state index contributed by atoms with van der Waals surface area (Å²) in [7, 11) is 1.79. The van der Waals surface area contributed by atoms with Crippen molar-refractivity contribution in [3.8, 4) is 0 Å². The Morgan fingerprint density at radius 1 is 1.44 bits per heavy atom. The van der Waals surface area contributed by atoms with Gasteiger partial charge in [0, 0.05) is 18.8 Å². The topological polar surface area (TPSA) is 43.8 Å². The molecule has 1 aliphatic rings. The average molecular weight is 248 g/mol. The Bertz CT molecular complexity index is 394. The van der Waals surface area contributed by atoms with Gasteiger partial charge in [-0.3, -0.25) is 9.69 Å². The van der Waals surface area contributed by atoms with Gasteiger partial charge in [0.05, 0.1) is 13.2 Å². The highest BCUT2D eigenvalue weighted by Gasteiger charge is 2.26. The van der Waals surface area contributed by atoms with E-state index in [0.717, 1.165) is 25.1 Å². The lowest BCUT2D eigenvalue weighted by Gasteiger charge is -2.25. The third-order valence-corrected chi connectivity index (χ3v) is 3.57. The predicted molar refractivity (Wildman–Crippen MR) is 71.5 cm³/mol. The first-order valence-electron chi connectivity index (χ1n) is 6.39. The summed E-state index contributed by atoms with van der Waals surface area (Å²) in [6, 6.07) is 9.77. The standard InChI is InChI=1S/C14H20N2O2/c1-15(12-6-3-2-4-7-12)14(18)10-16-9-5-8-13(16)11-17/h2-4,6-7,13,17H,5,8-11H2,1H3/t13-/m1/s1. The zero-order valence-electron chi connectivity index (χ0n) is 10.7. The van der Waals surface area contributed by atoms with Gasteiger partial charge in [-0.25, -0.2) is 0 Å². The molecule has 0 aromatic heterocycles. The highest BCUT2D eigenvalue weighted by atomic mass is 16.3. The largest absolute Gasteiger partial charge is 0.395 e. The van der Waals surface area contributed by atoms with Gasteiger partial charge in [0.1, 0.15) is 0 Å². The molecule has 1 amide bonds. The number of hydrogen-bond donors (Lipinski definition) is 1. The Balaban J connectivity index is 1.95. The van der Waals surface area contributed by atoms with Gasteiger partial charge in [-0.2, -0.15) is 0 Å². The second-order valence-electron chi connectivity index (χ2n) is 4.74. The molecule has 4 heteroatoms. The van der Waals surface area contributed by atoms with Gasteiger partial charge in [-0.1, -0.05) is 18.2 Å². The molecule has 1 saturated heterocycles. The first kappa shape index (κ1) is 13.1. The molecule has 2 rings (SSSR count). The van der Waals surface area contributed by atoms with Gasteiger partial charge in [0.2, 0.25) is 5.91 Å². The average Bonchev–Trinajstić information content (AvgIpc) is 2.86. The number of anilines is 1. The maximum atomic E-state index is 12.2. The molecule has 1 heterocycles. The third-order valence-electron chi connectivity index (χ3n) is 3.57. The summed E-state index contributed by atoms with van der Waals surface area (Å²) in [5.41, 5.74) is 0.905. The Labute approximate surface area is 108 Å². The van der Waals surface area contributed by atoms with Crippen LogP contribution in [-0.2, 0) is 4.79 Å². The fourth-order valence-electron chi connectivity index (χ4n) is 2.39. The summed E-state index contributed by atoms with van der Waals surface area (Å²) in [6.07, 6.45) is 2.05. The maximum absolute atomic E-state index is 12.2. The molecule has 0 aliphatic carbocycles. The number of likely N-dealkylation sites (N-methyl/N-ethyl adjacent to an activating group) is 1. The summed E-state index contributed by atoms with van der Waals surface area (Å²) in [4.78, 5) is 15.9. The summed E-state index contributed by atoms with van der Waals surface area (Å²) in [5, 5.41) is 9.24. The van der Waals surface area contributed by atoms with Crippen molar-refractivity contribution < 1.29 is 9.90 Å². The van der Waals surface area contributed by atoms with Crippen molar-refractivity contribution in [3.05, 3.63) is 30.3 Å². The lowest BCUT2D eigenvalue weighted by atomic mass is 10.2. The van der Waals surface area contributed by atoms with Crippen LogP contribution in [0.5, 0.6) is 0 Å². The van der Waals surface area contributed by atoms with Gasteiger partial charge >= 0.3 is 0 Å². The predicted octanol–water partition coefficient (Wildman–Crippen LogP) is 1.11. The highest BCUT2D eigenvalue weighted by Crippen LogP contribution is 2.17. The minimum absolute atomic E-state index is 0.0709. The van der Waals surface area contributed by atoms with Crippen molar-refractivity contribution >= 4 is 11.6 Å². The fourth-order valence-corrected chi connectivity index (χ4v) is 2.39. The maximum Gasteiger partial charge on any atom is 0.240 e. The monoisotopic (exact) mass is 248 g/mol. The quantitative estimate of drug-likeness (QED) is 0.868. The van der Waals surface area contributed by atoms with Crippen LogP contribution in [0, 0.1) is 0 Å². The van der Waals surface area contributed by atoms with Crippen molar-refractivity contribution in [2.24, 2.45) is 0 Å². The zero-order valence-corrected chi connectivity index (χ0v) is 10.7. The van der Waals surface area contributed by atoms with Crippen LogP contribution in [0.4, 0.5) is 5.69 Å². The Morgan fingerprint density at radius 2 is 2.17 bits per heavy atom. The smallest absolute Gasteiger partial charge is 0.240 e. The van der Waals surface area contributed by atoms with Crippen LogP contribution in [0.2, 0.25) is 0 Å². The van der Waals surface area contributed by atoms with E-state index in [1.54, 1.807) is 11.9 Å². The van der Waals surface area contributed by atoms with E-state index in [-0.39, 0.29) is 18.6 Å². The summed E-state index contributed by atoms with van der Waals surface area (Å²) < 4.78 is 0. The van der Waals surface area contributed by atoms with E-state index in [9.17, 15) is 9.90 Å². The molecule has 1 aromatic rings. The molecule has 1 aromatic carbocycles. The van der Waals surface area contributed by atoms with Gasteiger partial charge < -0.3 is 10.0 Å². The van der Waals surface area contributed by atoms with E-state index in [2.05, 4.69) is 4.90 Å². The number of nitrogens with zero attached hydrogens (tertiary/aromatic N) is 2. The Hall–Kier alpha value is -1.39. The van der Waals surface area contributed by atoms with Crippen LogP contribution in [0.15, 0.2) is 30.3 Å². The minimum Gasteiger partial charge on any atom is -0.395 e. The van der Waals surface area contributed by atoms with Crippen molar-refractivity contribution in [1.82, 2.24) is 4.90 Å². The number of carbonyl (C=O) groups is 1. The molecule has 0 saturated carbocycles. The minimum atomic E-state index is 0.0709. The van der Waals surface area contributed by atoms with Gasteiger partial charge in [0.25, 0.3) is 0 Å². The van der Waals surface area contributed by atoms with Crippen molar-refractivity contribution in [1.29, 1.82) is 0 Å². The molecule has 0 bridgehead atoms. The van der Waals surface area contributed by atoms with Gasteiger partial charge in [-0.15, -0.1) is 0 Å². The molecule has 1 fully saturated rings. The van der Waals surface area contributed by atoms with Gasteiger partial charge in [-0.05, 0) is 31.5 Å². The van der Waals surface area contributed by atoms with Crippen molar-refractivity contribution in [2.75, 3.05) is 31.6 Å². The molecule has 18 heavy (non-hydrogen) atoms. The lowest BCUT2D eigenvalue weighted by molar-refractivity contribution is -0.119. The van der Waals surface area contributed by atoms with E-state index in [1.807, 2.05) is 30.3 Å². The number of likely N-dealkylation sites (tertiary alicyclic amines) is 1. The van der Waals surface area contributed by atoms with Crippen LogP contribution in [0.1, 0.15) is 12.8 Å². The fraction of sp³-hybridized carbons (Fsp3) is 0.500. The number of benzene rings is 1. The Morgan fingerprint density at radius 3 is 2.83 bits per heavy atom. The SMILES string of the molecule is CN(C(=O)CN1CCC[C@@H]1CO)c1ccccc1. The second-order valence-corrected chi connectivity index (χ2v) is 4.74. The van der Waals surface area contributed by atoms with E-state index in [1.165, 1.54) is 0 Å². The molecule has 0 spiro atoms. The van der Waals surface area contributed by atoms with Gasteiger partial charge in [0.15, 0.2) is 0 Å². The summed E-state index contributed by atoms with van der Waals surface area (Å²) in [5.74, 6) is 0.0709. The summed E-state index contributed by atoms with van der Waals surface area (Å²) in [6.45, 7) is 1.43.